The standard InChI is InChI=1S/C19H30N2O3/c1-14(2)9-12-24-15(3)19(22)21-11-10-20-13-17(21)16-7-5-6-8-18(16)23-4/h5-8,14-15,17,20H,9-13H2,1-4H3. The van der Waals surface area contributed by atoms with Crippen molar-refractivity contribution in [2.75, 3.05) is 33.4 Å². The van der Waals surface area contributed by atoms with Gasteiger partial charge in [-0.3, -0.25) is 4.79 Å². The highest BCUT2D eigenvalue weighted by molar-refractivity contribution is 5.81. The van der Waals surface area contributed by atoms with Gasteiger partial charge in [0.2, 0.25) is 0 Å². The van der Waals surface area contributed by atoms with Gasteiger partial charge in [0, 0.05) is 31.8 Å². The molecule has 0 aliphatic carbocycles. The molecule has 5 heteroatoms. The van der Waals surface area contributed by atoms with Crippen LogP contribution in [0.1, 0.15) is 38.8 Å². The molecule has 0 aromatic heterocycles. The largest absolute Gasteiger partial charge is 0.496 e. The highest BCUT2D eigenvalue weighted by atomic mass is 16.5. The maximum absolute atomic E-state index is 12.9. The Balaban J connectivity index is 2.09. The molecule has 1 aliphatic rings. The maximum atomic E-state index is 12.9. The zero-order chi connectivity index (χ0) is 17.5. The molecule has 1 aromatic rings. The number of amides is 1. The number of benzene rings is 1. The SMILES string of the molecule is COc1ccccc1C1CNCCN1C(=O)C(C)OCCC(C)C. The van der Waals surface area contributed by atoms with Crippen LogP contribution < -0.4 is 10.1 Å². The van der Waals surface area contributed by atoms with Crippen LogP contribution in [0.3, 0.4) is 0 Å². The van der Waals surface area contributed by atoms with E-state index in [4.69, 9.17) is 9.47 Å². The summed E-state index contributed by atoms with van der Waals surface area (Å²) in [6.07, 6.45) is 0.550. The molecule has 0 radical (unpaired) electrons. The first-order valence-corrected chi connectivity index (χ1v) is 8.80. The number of hydrogen-bond donors (Lipinski definition) is 1. The molecular weight excluding hydrogens is 304 g/mol. The topological polar surface area (TPSA) is 50.8 Å². The van der Waals surface area contributed by atoms with Gasteiger partial charge < -0.3 is 19.7 Å². The number of carbonyl (C=O) groups excluding carboxylic acids is 1. The number of carbonyl (C=O) groups is 1. The molecule has 0 bridgehead atoms. The van der Waals surface area contributed by atoms with Crippen molar-refractivity contribution in [2.45, 2.75) is 39.3 Å². The van der Waals surface area contributed by atoms with E-state index in [1.165, 1.54) is 0 Å². The van der Waals surface area contributed by atoms with E-state index in [2.05, 4.69) is 19.2 Å². The van der Waals surface area contributed by atoms with E-state index in [0.717, 1.165) is 30.8 Å². The predicted molar refractivity (Wildman–Crippen MR) is 95.2 cm³/mol. The van der Waals surface area contributed by atoms with Crippen LogP contribution in [0, 0.1) is 5.92 Å². The smallest absolute Gasteiger partial charge is 0.252 e. The molecule has 2 atom stereocenters. The number of nitrogens with one attached hydrogen (secondary N) is 1. The van der Waals surface area contributed by atoms with Crippen molar-refractivity contribution in [1.29, 1.82) is 0 Å². The van der Waals surface area contributed by atoms with E-state index in [0.29, 0.717) is 19.1 Å². The number of ether oxygens (including phenoxy) is 2. The van der Waals surface area contributed by atoms with E-state index < -0.39 is 6.10 Å². The molecule has 1 saturated heterocycles. The third-order valence-corrected chi connectivity index (χ3v) is 4.44. The molecule has 0 spiro atoms. The summed E-state index contributed by atoms with van der Waals surface area (Å²) in [5, 5.41) is 3.38. The first kappa shape index (κ1) is 18.7. The van der Waals surface area contributed by atoms with E-state index in [1.807, 2.05) is 36.1 Å². The fourth-order valence-corrected chi connectivity index (χ4v) is 2.97. The Morgan fingerprint density at radius 2 is 2.08 bits per heavy atom. The van der Waals surface area contributed by atoms with E-state index in [-0.39, 0.29) is 11.9 Å². The Hall–Kier alpha value is -1.59. The highest BCUT2D eigenvalue weighted by Crippen LogP contribution is 2.30. The number of rotatable bonds is 7. The van der Waals surface area contributed by atoms with Gasteiger partial charge in [-0.15, -0.1) is 0 Å². The number of nitrogens with zero attached hydrogens (tertiary/aromatic N) is 1. The minimum Gasteiger partial charge on any atom is -0.496 e. The van der Waals surface area contributed by atoms with Crippen LogP contribution in [0.5, 0.6) is 5.75 Å². The lowest BCUT2D eigenvalue weighted by Crippen LogP contribution is -2.51. The second kappa shape index (κ2) is 9.04. The molecule has 2 rings (SSSR count). The molecule has 134 valence electrons. The zero-order valence-corrected chi connectivity index (χ0v) is 15.2. The molecule has 0 saturated carbocycles. The Bertz CT molecular complexity index is 533. The van der Waals surface area contributed by atoms with Gasteiger partial charge >= 0.3 is 0 Å². The normalized spacial score (nSPS) is 19.4. The molecule has 5 nitrogen and oxygen atoms in total. The van der Waals surface area contributed by atoms with Crippen LogP contribution in [-0.4, -0.2) is 50.3 Å². The lowest BCUT2D eigenvalue weighted by Gasteiger charge is -2.38. The van der Waals surface area contributed by atoms with Crippen LogP contribution in [0.25, 0.3) is 0 Å². The Morgan fingerprint density at radius 3 is 2.79 bits per heavy atom. The summed E-state index contributed by atoms with van der Waals surface area (Å²) in [5.74, 6) is 1.45. The van der Waals surface area contributed by atoms with Crippen molar-refractivity contribution >= 4 is 5.91 Å². The van der Waals surface area contributed by atoms with Gasteiger partial charge in [-0.05, 0) is 25.3 Å². The second-order valence-corrected chi connectivity index (χ2v) is 6.69. The molecule has 2 unspecified atom stereocenters. The fraction of sp³-hybridized carbons (Fsp3) is 0.632. The van der Waals surface area contributed by atoms with Crippen molar-refractivity contribution in [3.63, 3.8) is 0 Å². The van der Waals surface area contributed by atoms with E-state index >= 15 is 0 Å². The summed E-state index contributed by atoms with van der Waals surface area (Å²) in [7, 11) is 1.67. The van der Waals surface area contributed by atoms with Gasteiger partial charge in [-0.25, -0.2) is 0 Å². The quantitative estimate of drug-likeness (QED) is 0.833. The van der Waals surface area contributed by atoms with Crippen molar-refractivity contribution in [2.24, 2.45) is 5.92 Å². The fourth-order valence-electron chi connectivity index (χ4n) is 2.97. The van der Waals surface area contributed by atoms with Gasteiger partial charge in [0.1, 0.15) is 11.9 Å². The summed E-state index contributed by atoms with van der Waals surface area (Å²) in [4.78, 5) is 14.8. The van der Waals surface area contributed by atoms with Gasteiger partial charge in [0.15, 0.2) is 0 Å². The van der Waals surface area contributed by atoms with Gasteiger partial charge in [-0.2, -0.15) is 0 Å². The lowest BCUT2D eigenvalue weighted by atomic mass is 10.0. The molecule has 24 heavy (non-hydrogen) atoms. The van der Waals surface area contributed by atoms with Crippen LogP contribution in [-0.2, 0) is 9.53 Å². The summed E-state index contributed by atoms with van der Waals surface area (Å²) < 4.78 is 11.2. The average Bonchev–Trinajstić information content (AvgIpc) is 2.60. The van der Waals surface area contributed by atoms with Crippen molar-refractivity contribution in [3.05, 3.63) is 29.8 Å². The van der Waals surface area contributed by atoms with E-state index in [1.54, 1.807) is 7.11 Å². The molecular formula is C19H30N2O3. The van der Waals surface area contributed by atoms with Crippen LogP contribution in [0.15, 0.2) is 24.3 Å². The van der Waals surface area contributed by atoms with Crippen molar-refractivity contribution in [3.8, 4) is 5.75 Å². The Kier molecular flexibility index (Phi) is 7.06. The Morgan fingerprint density at radius 1 is 1.33 bits per heavy atom. The van der Waals surface area contributed by atoms with Crippen molar-refractivity contribution in [1.82, 2.24) is 10.2 Å². The number of methoxy groups -OCH3 is 1. The van der Waals surface area contributed by atoms with Gasteiger partial charge in [0.25, 0.3) is 5.91 Å². The third kappa shape index (κ3) is 4.71. The molecule has 1 heterocycles. The first-order chi connectivity index (χ1) is 11.5. The minimum absolute atomic E-state index is 0.0291. The lowest BCUT2D eigenvalue weighted by molar-refractivity contribution is -0.146. The van der Waals surface area contributed by atoms with Crippen LogP contribution in [0.2, 0.25) is 0 Å². The number of hydrogen-bond acceptors (Lipinski definition) is 4. The molecule has 1 aliphatic heterocycles. The molecule has 1 fully saturated rings. The molecule has 1 N–H and O–H groups in total. The molecule has 1 amide bonds. The summed E-state index contributed by atoms with van der Waals surface area (Å²) in [6.45, 7) is 8.99. The van der Waals surface area contributed by atoms with Crippen LogP contribution in [0.4, 0.5) is 0 Å². The monoisotopic (exact) mass is 334 g/mol. The zero-order valence-electron chi connectivity index (χ0n) is 15.2. The maximum Gasteiger partial charge on any atom is 0.252 e. The predicted octanol–water partition coefficient (Wildman–Crippen LogP) is 2.62. The summed E-state index contributed by atoms with van der Waals surface area (Å²) in [6, 6.07) is 7.87. The van der Waals surface area contributed by atoms with Crippen molar-refractivity contribution < 1.29 is 14.3 Å². The first-order valence-electron chi connectivity index (χ1n) is 8.80. The average molecular weight is 334 g/mol. The van der Waals surface area contributed by atoms with Crippen LogP contribution >= 0.6 is 0 Å². The highest BCUT2D eigenvalue weighted by Gasteiger charge is 2.32. The number of para-hydroxylation sites is 1. The van der Waals surface area contributed by atoms with E-state index in [9.17, 15) is 4.79 Å². The summed E-state index contributed by atoms with van der Waals surface area (Å²) >= 11 is 0. The minimum atomic E-state index is -0.418. The summed E-state index contributed by atoms with van der Waals surface area (Å²) in [5.41, 5.74) is 1.04. The third-order valence-electron chi connectivity index (χ3n) is 4.44. The second-order valence-electron chi connectivity index (χ2n) is 6.69. The van der Waals surface area contributed by atoms with Gasteiger partial charge in [-0.1, -0.05) is 32.0 Å². The van der Waals surface area contributed by atoms with Gasteiger partial charge in [0.05, 0.1) is 13.2 Å². The Labute approximate surface area is 145 Å². The molecule has 1 aromatic carbocycles. The number of piperazine rings is 1.